The molecule has 0 saturated carbocycles. The summed E-state index contributed by atoms with van der Waals surface area (Å²) in [6, 6.07) is -0.865. The Balaban J connectivity index is 2.47. The lowest BCUT2D eigenvalue weighted by Crippen LogP contribution is -2.33. The Kier molecular flexibility index (Phi) is 2.78. The van der Waals surface area contributed by atoms with Gasteiger partial charge in [0.1, 0.15) is 6.04 Å². The zero-order valence-corrected chi connectivity index (χ0v) is 6.23. The molecule has 6 nitrogen and oxygen atoms in total. The third kappa shape index (κ3) is 2.04. The van der Waals surface area contributed by atoms with Gasteiger partial charge in [-0.2, -0.15) is 5.26 Å². The van der Waals surface area contributed by atoms with Gasteiger partial charge in [0.2, 0.25) is 0 Å². The summed E-state index contributed by atoms with van der Waals surface area (Å²) in [6.45, 7) is 0. The van der Waals surface area contributed by atoms with Crippen molar-refractivity contribution in [1.82, 2.24) is 9.97 Å². The van der Waals surface area contributed by atoms with Crippen LogP contribution in [0.1, 0.15) is 5.69 Å². The number of nitrogens with zero attached hydrogens (tertiary/aromatic N) is 1. The maximum atomic E-state index is 10.6. The first kappa shape index (κ1) is 8.69. The predicted molar refractivity (Wildman–Crippen MR) is 39.0 cm³/mol. The minimum Gasteiger partial charge on any atom is -0.348 e. The lowest BCUT2D eigenvalue weighted by atomic mass is 10.2. The number of imidazole rings is 1. The van der Waals surface area contributed by atoms with Gasteiger partial charge in [-0.25, -0.2) is 9.78 Å². The first-order chi connectivity index (χ1) is 5.74. The minimum atomic E-state index is -0.865. The third-order valence-corrected chi connectivity index (χ3v) is 1.39. The van der Waals surface area contributed by atoms with Gasteiger partial charge in [0.05, 0.1) is 6.33 Å². The SMILES string of the molecule is N[C@@H](Cc1cnc[nH]1)C(=O)OO. The Labute approximate surface area is 68.3 Å². The second-order valence-electron chi connectivity index (χ2n) is 2.30. The molecule has 0 fully saturated rings. The van der Waals surface area contributed by atoms with Gasteiger partial charge in [-0.15, -0.1) is 0 Å². The van der Waals surface area contributed by atoms with Crippen LogP contribution < -0.4 is 5.73 Å². The van der Waals surface area contributed by atoms with E-state index in [0.717, 1.165) is 0 Å². The van der Waals surface area contributed by atoms with Crippen molar-refractivity contribution >= 4 is 5.97 Å². The Morgan fingerprint density at radius 3 is 3.17 bits per heavy atom. The maximum absolute atomic E-state index is 10.6. The number of carbonyl (C=O) groups excluding carboxylic acids is 1. The zero-order valence-electron chi connectivity index (χ0n) is 6.23. The Bertz CT molecular complexity index is 247. The summed E-state index contributed by atoms with van der Waals surface area (Å²) in [6.07, 6.45) is 3.29. The van der Waals surface area contributed by atoms with E-state index in [-0.39, 0.29) is 6.42 Å². The van der Waals surface area contributed by atoms with Crippen LogP contribution in [0.2, 0.25) is 0 Å². The first-order valence-corrected chi connectivity index (χ1v) is 3.32. The summed E-state index contributed by atoms with van der Waals surface area (Å²) in [5.74, 6) is -0.857. The number of H-pyrrole nitrogens is 1. The van der Waals surface area contributed by atoms with E-state index in [1.807, 2.05) is 0 Å². The monoisotopic (exact) mass is 171 g/mol. The highest BCUT2D eigenvalue weighted by molar-refractivity contribution is 5.75. The van der Waals surface area contributed by atoms with E-state index in [0.29, 0.717) is 5.69 Å². The number of rotatable bonds is 3. The smallest absolute Gasteiger partial charge is 0.348 e. The molecule has 1 rings (SSSR count). The highest BCUT2D eigenvalue weighted by Crippen LogP contribution is 1.96. The molecule has 66 valence electrons. The Morgan fingerprint density at radius 1 is 1.92 bits per heavy atom. The highest BCUT2D eigenvalue weighted by atomic mass is 17.1. The van der Waals surface area contributed by atoms with Crippen molar-refractivity contribution in [2.24, 2.45) is 5.73 Å². The molecule has 0 unspecified atom stereocenters. The summed E-state index contributed by atoms with van der Waals surface area (Å²) >= 11 is 0. The van der Waals surface area contributed by atoms with Crippen LogP contribution in [-0.4, -0.2) is 27.2 Å². The van der Waals surface area contributed by atoms with E-state index in [1.165, 1.54) is 6.33 Å². The van der Waals surface area contributed by atoms with Crippen LogP contribution in [0.4, 0.5) is 0 Å². The van der Waals surface area contributed by atoms with Crippen LogP contribution in [0.25, 0.3) is 0 Å². The summed E-state index contributed by atoms with van der Waals surface area (Å²) in [5, 5.41) is 7.98. The van der Waals surface area contributed by atoms with Crippen molar-refractivity contribution in [3.63, 3.8) is 0 Å². The molecular formula is C6H9N3O3. The average Bonchev–Trinajstić information content (AvgIpc) is 2.55. The summed E-state index contributed by atoms with van der Waals surface area (Å²) < 4.78 is 0. The first-order valence-electron chi connectivity index (χ1n) is 3.32. The minimum absolute atomic E-state index is 0.263. The van der Waals surface area contributed by atoms with Crippen LogP contribution in [0.3, 0.4) is 0 Å². The van der Waals surface area contributed by atoms with Crippen LogP contribution >= 0.6 is 0 Å². The van der Waals surface area contributed by atoms with Gasteiger partial charge in [0.25, 0.3) is 0 Å². The van der Waals surface area contributed by atoms with E-state index >= 15 is 0 Å². The molecule has 0 spiro atoms. The molecule has 0 bridgehead atoms. The maximum Gasteiger partial charge on any atom is 0.358 e. The lowest BCUT2D eigenvalue weighted by molar-refractivity contribution is -0.235. The molecule has 0 aromatic carbocycles. The van der Waals surface area contributed by atoms with Crippen molar-refractivity contribution in [2.45, 2.75) is 12.5 Å². The van der Waals surface area contributed by atoms with Crippen LogP contribution in [-0.2, 0) is 16.1 Å². The zero-order chi connectivity index (χ0) is 8.97. The molecule has 1 aromatic rings. The summed E-state index contributed by atoms with van der Waals surface area (Å²) in [5.41, 5.74) is 6.05. The Hall–Kier alpha value is -1.40. The van der Waals surface area contributed by atoms with Gasteiger partial charge < -0.3 is 10.7 Å². The second-order valence-corrected chi connectivity index (χ2v) is 2.30. The van der Waals surface area contributed by atoms with Crippen molar-refractivity contribution in [3.8, 4) is 0 Å². The van der Waals surface area contributed by atoms with Gasteiger partial charge >= 0.3 is 5.97 Å². The molecule has 0 saturated heterocycles. The molecule has 0 radical (unpaired) electrons. The van der Waals surface area contributed by atoms with Crippen LogP contribution in [0.15, 0.2) is 12.5 Å². The van der Waals surface area contributed by atoms with Gasteiger partial charge in [0.15, 0.2) is 0 Å². The predicted octanol–water partition coefficient (Wildman–Crippen LogP) is -0.704. The van der Waals surface area contributed by atoms with Gasteiger partial charge in [-0.1, -0.05) is 0 Å². The lowest BCUT2D eigenvalue weighted by Gasteiger charge is -2.04. The van der Waals surface area contributed by atoms with Crippen molar-refractivity contribution in [3.05, 3.63) is 18.2 Å². The van der Waals surface area contributed by atoms with E-state index < -0.39 is 12.0 Å². The summed E-state index contributed by atoms with van der Waals surface area (Å²) in [4.78, 5) is 20.6. The van der Waals surface area contributed by atoms with Gasteiger partial charge in [-0.05, 0) is 0 Å². The molecule has 1 heterocycles. The van der Waals surface area contributed by atoms with Gasteiger partial charge in [-0.3, -0.25) is 4.89 Å². The average molecular weight is 171 g/mol. The fourth-order valence-corrected chi connectivity index (χ4v) is 0.784. The number of carbonyl (C=O) groups is 1. The molecule has 0 amide bonds. The molecule has 1 atom stereocenters. The number of aromatic nitrogens is 2. The van der Waals surface area contributed by atoms with Gasteiger partial charge in [0, 0.05) is 18.3 Å². The van der Waals surface area contributed by atoms with Crippen molar-refractivity contribution in [2.75, 3.05) is 0 Å². The fraction of sp³-hybridized carbons (Fsp3) is 0.333. The fourth-order valence-electron chi connectivity index (χ4n) is 0.784. The molecule has 6 heteroatoms. The van der Waals surface area contributed by atoms with E-state index in [4.69, 9.17) is 11.0 Å². The van der Waals surface area contributed by atoms with Crippen LogP contribution in [0.5, 0.6) is 0 Å². The van der Waals surface area contributed by atoms with Crippen LogP contribution in [0, 0.1) is 0 Å². The number of nitrogens with one attached hydrogen (secondary N) is 1. The van der Waals surface area contributed by atoms with E-state index in [2.05, 4.69) is 14.9 Å². The number of hydrogen-bond donors (Lipinski definition) is 3. The number of aromatic amines is 1. The summed E-state index contributed by atoms with van der Waals surface area (Å²) in [7, 11) is 0. The largest absolute Gasteiger partial charge is 0.358 e. The van der Waals surface area contributed by atoms with E-state index in [1.54, 1.807) is 6.20 Å². The molecule has 1 aromatic heterocycles. The van der Waals surface area contributed by atoms with Crippen molar-refractivity contribution < 1.29 is 14.9 Å². The molecule has 0 aliphatic rings. The second kappa shape index (κ2) is 3.84. The standard InChI is InChI=1S/C6H9N3O3/c7-5(6(10)12-11)1-4-2-8-3-9-4/h2-3,5,11H,1,7H2,(H,8,9)/t5-/m0/s1. The molecular weight excluding hydrogens is 162 g/mol. The number of nitrogens with two attached hydrogens (primary N) is 1. The normalized spacial score (nSPS) is 12.5. The number of hydrogen-bond acceptors (Lipinski definition) is 5. The molecule has 12 heavy (non-hydrogen) atoms. The third-order valence-electron chi connectivity index (χ3n) is 1.39. The van der Waals surface area contributed by atoms with E-state index in [9.17, 15) is 4.79 Å². The van der Waals surface area contributed by atoms with Crippen molar-refractivity contribution in [1.29, 1.82) is 0 Å². The topological polar surface area (TPSA) is 101 Å². The molecule has 0 aliphatic carbocycles. The Morgan fingerprint density at radius 2 is 2.67 bits per heavy atom. The quantitative estimate of drug-likeness (QED) is 0.412. The molecule has 4 N–H and O–H groups in total. The highest BCUT2D eigenvalue weighted by Gasteiger charge is 2.15. The molecule has 0 aliphatic heterocycles.